The van der Waals surface area contributed by atoms with Gasteiger partial charge in [0.25, 0.3) is 5.88 Å². The molecule has 0 amide bonds. The molecule has 1 fully saturated rings. The zero-order valence-electron chi connectivity index (χ0n) is 11.3. The van der Waals surface area contributed by atoms with E-state index in [0.29, 0.717) is 23.4 Å². The maximum Gasteiger partial charge on any atom is 0.262 e. The summed E-state index contributed by atoms with van der Waals surface area (Å²) < 4.78 is 11.3. The van der Waals surface area contributed by atoms with Crippen LogP contribution in [0.1, 0.15) is 32.6 Å². The zero-order valence-corrected chi connectivity index (χ0v) is 11.3. The Bertz CT molecular complexity index is 398. The van der Waals surface area contributed by atoms with Crippen molar-refractivity contribution in [1.82, 2.24) is 9.97 Å². The molecule has 0 aliphatic heterocycles. The Morgan fingerprint density at radius 1 is 1.28 bits per heavy atom. The first kappa shape index (κ1) is 12.9. The third kappa shape index (κ3) is 2.66. The van der Waals surface area contributed by atoms with Gasteiger partial charge < -0.3 is 14.8 Å². The SMILES string of the molecule is CNc1ncnc(OC2CCCCC2C)c1OC. The highest BCUT2D eigenvalue weighted by atomic mass is 16.5. The van der Waals surface area contributed by atoms with Gasteiger partial charge in [-0.25, -0.2) is 4.98 Å². The number of ether oxygens (including phenoxy) is 2. The Hall–Kier alpha value is -1.52. The van der Waals surface area contributed by atoms with Crippen molar-refractivity contribution in [2.75, 3.05) is 19.5 Å². The molecule has 1 aromatic rings. The van der Waals surface area contributed by atoms with Crippen molar-refractivity contribution in [2.45, 2.75) is 38.7 Å². The molecular weight excluding hydrogens is 230 g/mol. The maximum absolute atomic E-state index is 6.02. The Labute approximate surface area is 108 Å². The standard InChI is InChI=1S/C13H21N3O2/c1-9-6-4-5-7-10(9)18-13-11(17-3)12(14-2)15-8-16-13/h8-10H,4-7H2,1-3H3,(H,14,15,16). The van der Waals surface area contributed by atoms with Crippen LogP contribution in [0, 0.1) is 5.92 Å². The quantitative estimate of drug-likeness (QED) is 0.891. The predicted molar refractivity (Wildman–Crippen MR) is 70.2 cm³/mol. The van der Waals surface area contributed by atoms with Gasteiger partial charge in [-0.2, -0.15) is 4.98 Å². The fourth-order valence-electron chi connectivity index (χ4n) is 2.40. The van der Waals surface area contributed by atoms with Gasteiger partial charge in [-0.15, -0.1) is 0 Å². The summed E-state index contributed by atoms with van der Waals surface area (Å²) in [5.41, 5.74) is 0. The van der Waals surface area contributed by atoms with Crippen molar-refractivity contribution < 1.29 is 9.47 Å². The monoisotopic (exact) mass is 251 g/mol. The molecule has 18 heavy (non-hydrogen) atoms. The van der Waals surface area contributed by atoms with Crippen LogP contribution in [0.25, 0.3) is 0 Å². The third-order valence-electron chi connectivity index (χ3n) is 3.51. The van der Waals surface area contributed by atoms with E-state index in [1.165, 1.54) is 25.6 Å². The molecule has 1 aliphatic rings. The van der Waals surface area contributed by atoms with E-state index < -0.39 is 0 Å². The molecule has 0 spiro atoms. The molecule has 0 bridgehead atoms. The first-order chi connectivity index (χ1) is 8.76. The molecule has 2 unspecified atom stereocenters. The first-order valence-electron chi connectivity index (χ1n) is 6.49. The van der Waals surface area contributed by atoms with E-state index in [0.717, 1.165) is 6.42 Å². The molecule has 5 heteroatoms. The molecule has 1 aromatic heterocycles. The van der Waals surface area contributed by atoms with Crippen molar-refractivity contribution in [3.63, 3.8) is 0 Å². The van der Waals surface area contributed by atoms with E-state index in [4.69, 9.17) is 9.47 Å². The molecule has 0 radical (unpaired) electrons. The number of nitrogens with one attached hydrogen (secondary N) is 1. The number of aromatic nitrogens is 2. The van der Waals surface area contributed by atoms with Crippen LogP contribution in [0.3, 0.4) is 0 Å². The van der Waals surface area contributed by atoms with Gasteiger partial charge in [-0.1, -0.05) is 13.3 Å². The normalized spacial score (nSPS) is 23.5. The molecule has 2 atom stereocenters. The molecule has 0 saturated heterocycles. The van der Waals surface area contributed by atoms with Crippen LogP contribution in [-0.2, 0) is 0 Å². The van der Waals surface area contributed by atoms with Gasteiger partial charge in [0.05, 0.1) is 7.11 Å². The molecular formula is C13H21N3O2. The lowest BCUT2D eigenvalue weighted by Crippen LogP contribution is -2.28. The molecule has 1 aliphatic carbocycles. The predicted octanol–water partition coefficient (Wildman–Crippen LogP) is 2.48. The van der Waals surface area contributed by atoms with Crippen LogP contribution in [-0.4, -0.2) is 30.2 Å². The minimum atomic E-state index is 0.229. The number of methoxy groups -OCH3 is 1. The second-order valence-electron chi connectivity index (χ2n) is 4.73. The maximum atomic E-state index is 6.02. The van der Waals surface area contributed by atoms with Gasteiger partial charge in [0.1, 0.15) is 12.4 Å². The summed E-state index contributed by atoms with van der Waals surface area (Å²) in [7, 11) is 3.41. The van der Waals surface area contributed by atoms with Gasteiger partial charge in [0, 0.05) is 7.05 Å². The van der Waals surface area contributed by atoms with Crippen molar-refractivity contribution in [3.05, 3.63) is 6.33 Å². The molecule has 5 nitrogen and oxygen atoms in total. The molecule has 1 N–H and O–H groups in total. The van der Waals surface area contributed by atoms with Crippen LogP contribution in [0.5, 0.6) is 11.6 Å². The van der Waals surface area contributed by atoms with Gasteiger partial charge in [-0.3, -0.25) is 0 Å². The third-order valence-corrected chi connectivity index (χ3v) is 3.51. The lowest BCUT2D eigenvalue weighted by Gasteiger charge is -2.29. The molecule has 2 rings (SSSR count). The number of rotatable bonds is 4. The lowest BCUT2D eigenvalue weighted by molar-refractivity contribution is 0.0938. The van der Waals surface area contributed by atoms with Crippen LogP contribution in [0.15, 0.2) is 6.33 Å². The Kier molecular flexibility index (Phi) is 4.23. The van der Waals surface area contributed by atoms with Crippen molar-refractivity contribution >= 4 is 5.82 Å². The largest absolute Gasteiger partial charge is 0.489 e. The number of hydrogen-bond acceptors (Lipinski definition) is 5. The van der Waals surface area contributed by atoms with Crippen molar-refractivity contribution in [1.29, 1.82) is 0 Å². The van der Waals surface area contributed by atoms with E-state index in [2.05, 4.69) is 22.2 Å². The summed E-state index contributed by atoms with van der Waals surface area (Å²) >= 11 is 0. The Morgan fingerprint density at radius 3 is 2.72 bits per heavy atom. The highest BCUT2D eigenvalue weighted by Crippen LogP contribution is 2.34. The summed E-state index contributed by atoms with van der Waals surface area (Å²) in [5, 5.41) is 2.98. The van der Waals surface area contributed by atoms with Crippen LogP contribution < -0.4 is 14.8 Å². The summed E-state index contributed by atoms with van der Waals surface area (Å²) in [5.74, 6) is 2.34. The minimum absolute atomic E-state index is 0.229. The highest BCUT2D eigenvalue weighted by molar-refractivity contribution is 5.54. The number of nitrogens with zero attached hydrogens (tertiary/aromatic N) is 2. The fourth-order valence-corrected chi connectivity index (χ4v) is 2.40. The zero-order chi connectivity index (χ0) is 13.0. The van der Waals surface area contributed by atoms with Gasteiger partial charge in [0.2, 0.25) is 5.75 Å². The van der Waals surface area contributed by atoms with Crippen LogP contribution in [0.2, 0.25) is 0 Å². The van der Waals surface area contributed by atoms with E-state index in [-0.39, 0.29) is 6.10 Å². The summed E-state index contributed by atoms with van der Waals surface area (Å²) in [6.07, 6.45) is 6.55. The van der Waals surface area contributed by atoms with Gasteiger partial charge >= 0.3 is 0 Å². The van der Waals surface area contributed by atoms with Crippen LogP contribution in [0.4, 0.5) is 5.82 Å². The molecule has 100 valence electrons. The lowest BCUT2D eigenvalue weighted by atomic mass is 9.88. The number of anilines is 1. The average Bonchev–Trinajstić information content (AvgIpc) is 2.41. The molecule has 0 aromatic carbocycles. The average molecular weight is 251 g/mol. The van der Waals surface area contributed by atoms with E-state index in [1.54, 1.807) is 14.2 Å². The number of hydrogen-bond donors (Lipinski definition) is 1. The van der Waals surface area contributed by atoms with E-state index in [9.17, 15) is 0 Å². The van der Waals surface area contributed by atoms with Gasteiger partial charge in [0.15, 0.2) is 5.82 Å². The second-order valence-corrected chi connectivity index (χ2v) is 4.73. The smallest absolute Gasteiger partial charge is 0.262 e. The van der Waals surface area contributed by atoms with Crippen molar-refractivity contribution in [2.24, 2.45) is 5.92 Å². The minimum Gasteiger partial charge on any atom is -0.489 e. The fraction of sp³-hybridized carbons (Fsp3) is 0.692. The van der Waals surface area contributed by atoms with E-state index in [1.807, 2.05) is 0 Å². The molecule has 1 heterocycles. The summed E-state index contributed by atoms with van der Waals surface area (Å²) in [4.78, 5) is 8.30. The van der Waals surface area contributed by atoms with E-state index >= 15 is 0 Å². The first-order valence-corrected chi connectivity index (χ1v) is 6.49. The topological polar surface area (TPSA) is 56.3 Å². The van der Waals surface area contributed by atoms with Crippen molar-refractivity contribution in [3.8, 4) is 11.6 Å². The summed E-state index contributed by atoms with van der Waals surface area (Å²) in [6.45, 7) is 2.23. The Morgan fingerprint density at radius 2 is 2.06 bits per heavy atom. The molecule has 1 saturated carbocycles. The Balaban J connectivity index is 2.17. The summed E-state index contributed by atoms with van der Waals surface area (Å²) in [6, 6.07) is 0. The highest BCUT2D eigenvalue weighted by Gasteiger charge is 2.25. The van der Waals surface area contributed by atoms with Gasteiger partial charge in [-0.05, 0) is 25.2 Å². The second kappa shape index (κ2) is 5.89. The van der Waals surface area contributed by atoms with Crippen LogP contribution >= 0.6 is 0 Å².